The van der Waals surface area contributed by atoms with E-state index in [0.29, 0.717) is 22.3 Å². The normalized spacial score (nSPS) is 12.5. The van der Waals surface area contributed by atoms with Crippen molar-refractivity contribution in [3.63, 3.8) is 0 Å². The molecule has 0 saturated heterocycles. The SMILES string of the molecule is Cc1noc([C@@H](C)NC(=O)c2ccc3c(-c4ccccc4Cl)nn(C(C)C)c3c2)n1. The quantitative estimate of drug-likeness (QED) is 0.481. The molecule has 2 aromatic carbocycles. The van der Waals surface area contributed by atoms with Crippen LogP contribution in [-0.4, -0.2) is 25.8 Å². The summed E-state index contributed by atoms with van der Waals surface area (Å²) in [6, 6.07) is 12.9. The Bertz CT molecular complexity index is 1230. The van der Waals surface area contributed by atoms with Gasteiger partial charge in [-0.05, 0) is 52.0 Å². The summed E-state index contributed by atoms with van der Waals surface area (Å²) in [5.74, 6) is 0.673. The minimum absolute atomic E-state index is 0.113. The van der Waals surface area contributed by atoms with E-state index in [1.807, 2.05) is 41.1 Å². The summed E-state index contributed by atoms with van der Waals surface area (Å²) in [6.45, 7) is 7.64. The van der Waals surface area contributed by atoms with Crippen molar-refractivity contribution in [1.29, 1.82) is 0 Å². The van der Waals surface area contributed by atoms with Crippen molar-refractivity contribution in [2.45, 2.75) is 39.8 Å². The number of rotatable bonds is 5. The van der Waals surface area contributed by atoms with E-state index >= 15 is 0 Å². The fourth-order valence-corrected chi connectivity index (χ4v) is 3.58. The van der Waals surface area contributed by atoms with Gasteiger partial charge in [0.05, 0.1) is 10.5 Å². The maximum absolute atomic E-state index is 12.8. The zero-order valence-electron chi connectivity index (χ0n) is 17.2. The van der Waals surface area contributed by atoms with Gasteiger partial charge in [0, 0.05) is 22.6 Å². The molecule has 8 heteroatoms. The molecule has 4 aromatic rings. The number of benzene rings is 2. The highest BCUT2D eigenvalue weighted by Gasteiger charge is 2.20. The van der Waals surface area contributed by atoms with Crippen LogP contribution in [0.4, 0.5) is 0 Å². The van der Waals surface area contributed by atoms with E-state index in [2.05, 4.69) is 29.3 Å². The molecule has 0 unspecified atom stereocenters. The van der Waals surface area contributed by atoms with E-state index in [0.717, 1.165) is 22.2 Å². The molecule has 1 N–H and O–H groups in total. The maximum atomic E-state index is 12.8. The summed E-state index contributed by atoms with van der Waals surface area (Å²) in [4.78, 5) is 17.0. The molecule has 2 aromatic heterocycles. The van der Waals surface area contributed by atoms with Gasteiger partial charge in [-0.2, -0.15) is 10.1 Å². The third kappa shape index (κ3) is 3.68. The second-order valence-electron chi connectivity index (χ2n) is 7.47. The first-order valence-electron chi connectivity index (χ1n) is 9.73. The lowest BCUT2D eigenvalue weighted by Gasteiger charge is -2.11. The van der Waals surface area contributed by atoms with Gasteiger partial charge in [-0.15, -0.1) is 0 Å². The van der Waals surface area contributed by atoms with Crippen LogP contribution in [-0.2, 0) is 0 Å². The molecule has 0 bridgehead atoms. The lowest BCUT2D eigenvalue weighted by Crippen LogP contribution is -2.26. The molecule has 0 aliphatic rings. The smallest absolute Gasteiger partial charge is 0.251 e. The zero-order chi connectivity index (χ0) is 21.4. The van der Waals surface area contributed by atoms with Crippen LogP contribution < -0.4 is 5.32 Å². The fourth-order valence-electron chi connectivity index (χ4n) is 3.35. The molecule has 0 saturated carbocycles. The fraction of sp³-hybridized carbons (Fsp3) is 0.273. The molecule has 1 atom stereocenters. The lowest BCUT2D eigenvalue weighted by atomic mass is 10.1. The van der Waals surface area contributed by atoms with E-state index < -0.39 is 6.04 Å². The van der Waals surface area contributed by atoms with E-state index in [1.165, 1.54) is 0 Å². The standard InChI is InChI=1S/C22H22ClN5O2/c1-12(2)28-19-11-15(21(29)24-13(3)22-25-14(4)27-30-22)9-10-17(19)20(26-28)16-7-5-6-8-18(16)23/h5-13H,1-4H3,(H,24,29)/t13-/m1/s1. The predicted octanol–water partition coefficient (Wildman–Crippen LogP) is 5.12. The largest absolute Gasteiger partial charge is 0.341 e. The van der Waals surface area contributed by atoms with E-state index in [-0.39, 0.29) is 11.9 Å². The number of aryl methyl sites for hydroxylation is 1. The number of halogens is 1. The number of carbonyl (C=O) groups is 1. The van der Waals surface area contributed by atoms with Crippen LogP contribution in [0.15, 0.2) is 47.0 Å². The number of aromatic nitrogens is 4. The van der Waals surface area contributed by atoms with E-state index in [9.17, 15) is 4.79 Å². The molecule has 0 fully saturated rings. The van der Waals surface area contributed by atoms with Crippen molar-refractivity contribution < 1.29 is 9.32 Å². The summed E-state index contributed by atoms with van der Waals surface area (Å²) in [5.41, 5.74) is 3.05. The highest BCUT2D eigenvalue weighted by molar-refractivity contribution is 6.33. The first-order chi connectivity index (χ1) is 14.3. The van der Waals surface area contributed by atoms with E-state index in [4.69, 9.17) is 21.2 Å². The molecule has 0 radical (unpaired) electrons. The number of fused-ring (bicyclic) bond motifs is 1. The van der Waals surface area contributed by atoms with Crippen LogP contribution in [0.5, 0.6) is 0 Å². The molecule has 30 heavy (non-hydrogen) atoms. The maximum Gasteiger partial charge on any atom is 0.251 e. The molecule has 0 aliphatic heterocycles. The molecular formula is C22H22ClN5O2. The Morgan fingerprint density at radius 2 is 1.93 bits per heavy atom. The summed E-state index contributed by atoms with van der Waals surface area (Å²) >= 11 is 6.41. The van der Waals surface area contributed by atoms with Gasteiger partial charge in [-0.3, -0.25) is 9.48 Å². The van der Waals surface area contributed by atoms with Gasteiger partial charge >= 0.3 is 0 Å². The topological polar surface area (TPSA) is 85.8 Å². The van der Waals surface area contributed by atoms with Gasteiger partial charge in [0.2, 0.25) is 5.89 Å². The van der Waals surface area contributed by atoms with Gasteiger partial charge in [-0.1, -0.05) is 35.0 Å². The Morgan fingerprint density at radius 1 is 1.17 bits per heavy atom. The van der Waals surface area contributed by atoms with Crippen molar-refractivity contribution in [3.05, 3.63) is 64.8 Å². The van der Waals surface area contributed by atoms with Gasteiger partial charge < -0.3 is 9.84 Å². The number of amides is 1. The van der Waals surface area contributed by atoms with E-state index in [1.54, 1.807) is 19.9 Å². The van der Waals surface area contributed by atoms with Crippen LogP contribution in [0.2, 0.25) is 5.02 Å². The van der Waals surface area contributed by atoms with Gasteiger partial charge in [-0.25, -0.2) is 0 Å². The number of nitrogens with zero attached hydrogens (tertiary/aromatic N) is 4. The van der Waals surface area contributed by atoms with Crippen LogP contribution in [0.1, 0.15) is 54.9 Å². The molecule has 4 rings (SSSR count). The Balaban J connectivity index is 1.72. The minimum atomic E-state index is -0.400. The Morgan fingerprint density at radius 3 is 2.60 bits per heavy atom. The molecule has 7 nitrogen and oxygen atoms in total. The van der Waals surface area contributed by atoms with Crippen LogP contribution in [0.25, 0.3) is 22.2 Å². The van der Waals surface area contributed by atoms with Crippen LogP contribution in [0, 0.1) is 6.92 Å². The third-order valence-electron chi connectivity index (χ3n) is 4.85. The van der Waals surface area contributed by atoms with Crippen molar-refractivity contribution >= 4 is 28.4 Å². The lowest BCUT2D eigenvalue weighted by molar-refractivity contribution is 0.0932. The summed E-state index contributed by atoms with van der Waals surface area (Å²) in [5, 5.41) is 13.0. The van der Waals surface area contributed by atoms with Crippen LogP contribution >= 0.6 is 11.6 Å². The third-order valence-corrected chi connectivity index (χ3v) is 5.18. The minimum Gasteiger partial charge on any atom is -0.341 e. The summed E-state index contributed by atoms with van der Waals surface area (Å²) < 4.78 is 7.06. The molecule has 2 heterocycles. The second kappa shape index (κ2) is 7.91. The average molecular weight is 424 g/mol. The Kier molecular flexibility index (Phi) is 5.30. The molecular weight excluding hydrogens is 402 g/mol. The molecule has 154 valence electrons. The van der Waals surface area contributed by atoms with Crippen molar-refractivity contribution in [2.75, 3.05) is 0 Å². The number of carbonyl (C=O) groups excluding carboxylic acids is 1. The second-order valence-corrected chi connectivity index (χ2v) is 7.88. The van der Waals surface area contributed by atoms with Crippen molar-refractivity contribution in [3.8, 4) is 11.3 Å². The van der Waals surface area contributed by atoms with Gasteiger partial charge in [0.15, 0.2) is 5.82 Å². The van der Waals surface area contributed by atoms with Gasteiger partial charge in [0.25, 0.3) is 5.91 Å². The van der Waals surface area contributed by atoms with Crippen molar-refractivity contribution in [2.24, 2.45) is 0 Å². The first kappa shape index (κ1) is 20.1. The summed E-state index contributed by atoms with van der Waals surface area (Å²) in [7, 11) is 0. The molecule has 0 aliphatic carbocycles. The highest BCUT2D eigenvalue weighted by Crippen LogP contribution is 2.34. The Labute approximate surface area is 179 Å². The predicted molar refractivity (Wildman–Crippen MR) is 115 cm³/mol. The average Bonchev–Trinajstić information content (AvgIpc) is 3.32. The zero-order valence-corrected chi connectivity index (χ0v) is 17.9. The highest BCUT2D eigenvalue weighted by atomic mass is 35.5. The summed E-state index contributed by atoms with van der Waals surface area (Å²) in [6.07, 6.45) is 0. The number of hydrogen-bond donors (Lipinski definition) is 1. The number of hydrogen-bond acceptors (Lipinski definition) is 5. The Hall–Kier alpha value is -3.19. The van der Waals surface area contributed by atoms with Crippen molar-refractivity contribution in [1.82, 2.24) is 25.2 Å². The van der Waals surface area contributed by atoms with Crippen LogP contribution in [0.3, 0.4) is 0 Å². The monoisotopic (exact) mass is 423 g/mol. The first-order valence-corrected chi connectivity index (χ1v) is 10.1. The van der Waals surface area contributed by atoms with Gasteiger partial charge in [0.1, 0.15) is 11.7 Å². The number of nitrogens with one attached hydrogen (secondary N) is 1. The molecule has 0 spiro atoms. The molecule has 1 amide bonds.